The predicted molar refractivity (Wildman–Crippen MR) is 86.7 cm³/mol. The molecule has 0 aliphatic heterocycles. The van der Waals surface area contributed by atoms with Gasteiger partial charge in [-0.3, -0.25) is 0 Å². The molecule has 1 aromatic heterocycles. The summed E-state index contributed by atoms with van der Waals surface area (Å²) >= 11 is 5.38. The maximum Gasteiger partial charge on any atom is 0.125 e. The van der Waals surface area contributed by atoms with Gasteiger partial charge in [0, 0.05) is 26.9 Å². The van der Waals surface area contributed by atoms with Crippen molar-refractivity contribution in [3.05, 3.63) is 39.3 Å². The third kappa shape index (κ3) is 3.25. The zero-order valence-electron chi connectivity index (χ0n) is 11.7. The number of nitrogens with zero attached hydrogens (tertiary/aromatic N) is 1. The number of nitrogens with one attached hydrogen (secondary N) is 1. The summed E-state index contributed by atoms with van der Waals surface area (Å²) in [5.41, 5.74) is 2.43. The van der Waals surface area contributed by atoms with E-state index >= 15 is 0 Å². The van der Waals surface area contributed by atoms with Crippen molar-refractivity contribution < 1.29 is 0 Å². The summed E-state index contributed by atoms with van der Waals surface area (Å²) in [4.78, 5) is 6.20. The first-order valence-electron chi connectivity index (χ1n) is 6.33. The van der Waals surface area contributed by atoms with Crippen molar-refractivity contribution in [2.45, 2.75) is 32.7 Å². The molecule has 102 valence electrons. The van der Waals surface area contributed by atoms with Gasteiger partial charge in [-0.05, 0) is 13.1 Å². The minimum Gasteiger partial charge on any atom is -0.315 e. The van der Waals surface area contributed by atoms with Gasteiger partial charge in [0.25, 0.3) is 0 Å². The molecule has 0 unspecified atom stereocenters. The first-order valence-corrected chi connectivity index (χ1v) is 7.94. The number of rotatable bonds is 3. The highest BCUT2D eigenvalue weighted by atomic mass is 79.9. The van der Waals surface area contributed by atoms with Crippen LogP contribution in [0.4, 0.5) is 0 Å². The maximum absolute atomic E-state index is 4.88. The van der Waals surface area contributed by atoms with E-state index < -0.39 is 0 Å². The topological polar surface area (TPSA) is 24.9 Å². The van der Waals surface area contributed by atoms with Crippen molar-refractivity contribution in [2.24, 2.45) is 0 Å². The van der Waals surface area contributed by atoms with Crippen molar-refractivity contribution in [2.75, 3.05) is 7.05 Å². The van der Waals surface area contributed by atoms with Crippen LogP contribution in [0.25, 0.3) is 10.6 Å². The van der Waals surface area contributed by atoms with Crippen molar-refractivity contribution in [1.29, 1.82) is 0 Å². The van der Waals surface area contributed by atoms with Crippen LogP contribution in [0.5, 0.6) is 0 Å². The SMILES string of the molecule is CNCc1sc(-c2ccccc2Br)nc1C(C)(C)C. The Morgan fingerprint density at radius 2 is 1.95 bits per heavy atom. The molecule has 2 aromatic rings. The van der Waals surface area contributed by atoms with Crippen LogP contribution in [0.3, 0.4) is 0 Å². The molecule has 2 nitrogen and oxygen atoms in total. The molecule has 4 heteroatoms. The smallest absolute Gasteiger partial charge is 0.125 e. The Morgan fingerprint density at radius 1 is 1.26 bits per heavy atom. The molecule has 1 aromatic carbocycles. The van der Waals surface area contributed by atoms with Crippen LogP contribution in [-0.4, -0.2) is 12.0 Å². The van der Waals surface area contributed by atoms with Gasteiger partial charge in [-0.1, -0.05) is 54.9 Å². The summed E-state index contributed by atoms with van der Waals surface area (Å²) in [6, 6.07) is 8.25. The van der Waals surface area contributed by atoms with Crippen LogP contribution in [0, 0.1) is 0 Å². The predicted octanol–water partition coefficient (Wildman–Crippen LogP) is 4.59. The number of thiazole rings is 1. The molecule has 0 atom stereocenters. The van der Waals surface area contributed by atoms with Crippen molar-refractivity contribution >= 4 is 27.3 Å². The van der Waals surface area contributed by atoms with Gasteiger partial charge in [-0.2, -0.15) is 0 Å². The Hall–Kier alpha value is -0.710. The van der Waals surface area contributed by atoms with Crippen molar-refractivity contribution in [3.8, 4) is 10.6 Å². The Morgan fingerprint density at radius 3 is 2.53 bits per heavy atom. The van der Waals surface area contributed by atoms with E-state index in [1.807, 2.05) is 13.1 Å². The van der Waals surface area contributed by atoms with Gasteiger partial charge in [0.15, 0.2) is 0 Å². The van der Waals surface area contributed by atoms with E-state index in [9.17, 15) is 0 Å². The van der Waals surface area contributed by atoms with Gasteiger partial charge < -0.3 is 5.32 Å². The fourth-order valence-corrected chi connectivity index (χ4v) is 3.90. The molecular weight excluding hydrogens is 320 g/mol. The lowest BCUT2D eigenvalue weighted by atomic mass is 9.91. The van der Waals surface area contributed by atoms with E-state index in [0.29, 0.717) is 0 Å². The largest absolute Gasteiger partial charge is 0.315 e. The highest BCUT2D eigenvalue weighted by Crippen LogP contribution is 2.37. The van der Waals surface area contributed by atoms with E-state index in [1.54, 1.807) is 11.3 Å². The lowest BCUT2D eigenvalue weighted by Gasteiger charge is -2.17. The van der Waals surface area contributed by atoms with Gasteiger partial charge in [0.05, 0.1) is 5.69 Å². The second kappa shape index (κ2) is 5.73. The number of hydrogen-bond acceptors (Lipinski definition) is 3. The maximum atomic E-state index is 4.88. The lowest BCUT2D eigenvalue weighted by Crippen LogP contribution is -2.16. The quantitative estimate of drug-likeness (QED) is 0.885. The second-order valence-corrected chi connectivity index (χ2v) is 7.49. The summed E-state index contributed by atoms with van der Waals surface area (Å²) in [6.45, 7) is 7.51. The summed E-state index contributed by atoms with van der Waals surface area (Å²) in [6.07, 6.45) is 0. The molecular formula is C15H19BrN2S. The zero-order valence-corrected chi connectivity index (χ0v) is 14.2. The average molecular weight is 339 g/mol. The number of benzene rings is 1. The number of hydrogen-bond donors (Lipinski definition) is 1. The Kier molecular flexibility index (Phi) is 4.43. The van der Waals surface area contributed by atoms with Crippen molar-refractivity contribution in [1.82, 2.24) is 10.3 Å². The van der Waals surface area contributed by atoms with Gasteiger partial charge >= 0.3 is 0 Å². The van der Waals surface area contributed by atoms with Crippen molar-refractivity contribution in [3.63, 3.8) is 0 Å². The molecule has 0 amide bonds. The molecule has 0 saturated carbocycles. The molecule has 2 rings (SSSR count). The van der Waals surface area contributed by atoms with Crippen LogP contribution in [-0.2, 0) is 12.0 Å². The molecule has 0 saturated heterocycles. The standard InChI is InChI=1S/C15H19BrN2S/c1-15(2,3)13-12(9-17-4)19-14(18-13)10-7-5-6-8-11(10)16/h5-8,17H,9H2,1-4H3. The summed E-state index contributed by atoms with van der Waals surface area (Å²) in [7, 11) is 1.98. The minimum absolute atomic E-state index is 0.0716. The molecule has 0 bridgehead atoms. The van der Waals surface area contributed by atoms with Crippen LogP contribution >= 0.6 is 27.3 Å². The molecule has 19 heavy (non-hydrogen) atoms. The fourth-order valence-electron chi connectivity index (χ4n) is 1.97. The molecule has 0 spiro atoms. The molecule has 0 aliphatic rings. The summed E-state index contributed by atoms with van der Waals surface area (Å²) in [5.74, 6) is 0. The Balaban J connectivity index is 2.52. The summed E-state index contributed by atoms with van der Waals surface area (Å²) in [5, 5.41) is 4.32. The van der Waals surface area contributed by atoms with Crippen LogP contribution in [0.15, 0.2) is 28.7 Å². The molecule has 1 heterocycles. The first kappa shape index (κ1) is 14.7. The Labute approximate surface area is 127 Å². The van der Waals surface area contributed by atoms with Crippen LogP contribution in [0.1, 0.15) is 31.3 Å². The monoisotopic (exact) mass is 338 g/mol. The molecule has 0 aliphatic carbocycles. The highest BCUT2D eigenvalue weighted by molar-refractivity contribution is 9.10. The fraction of sp³-hybridized carbons (Fsp3) is 0.400. The third-order valence-corrected chi connectivity index (χ3v) is 4.63. The first-order chi connectivity index (χ1) is 8.93. The van der Waals surface area contributed by atoms with Gasteiger partial charge in [-0.25, -0.2) is 4.98 Å². The van der Waals surface area contributed by atoms with Crippen LogP contribution < -0.4 is 5.32 Å². The lowest BCUT2D eigenvalue weighted by molar-refractivity contribution is 0.563. The number of halogens is 1. The van der Waals surface area contributed by atoms with Gasteiger partial charge in [0.1, 0.15) is 5.01 Å². The van der Waals surface area contributed by atoms with E-state index in [4.69, 9.17) is 4.98 Å². The third-order valence-electron chi connectivity index (χ3n) is 2.85. The van der Waals surface area contributed by atoms with E-state index in [0.717, 1.165) is 16.0 Å². The van der Waals surface area contributed by atoms with Crippen LogP contribution in [0.2, 0.25) is 0 Å². The zero-order chi connectivity index (χ0) is 14.0. The van der Waals surface area contributed by atoms with E-state index in [1.165, 1.54) is 16.1 Å². The number of aromatic nitrogens is 1. The molecule has 0 fully saturated rings. The summed E-state index contributed by atoms with van der Waals surface area (Å²) < 4.78 is 1.10. The average Bonchev–Trinajstić information content (AvgIpc) is 2.74. The van der Waals surface area contributed by atoms with Gasteiger partial charge in [-0.15, -0.1) is 11.3 Å². The van der Waals surface area contributed by atoms with Gasteiger partial charge in [0.2, 0.25) is 0 Å². The van der Waals surface area contributed by atoms with E-state index in [2.05, 4.69) is 60.2 Å². The van der Waals surface area contributed by atoms with E-state index in [-0.39, 0.29) is 5.41 Å². The molecule has 1 N–H and O–H groups in total. The minimum atomic E-state index is 0.0716. The Bertz CT molecular complexity index is 570. The highest BCUT2D eigenvalue weighted by Gasteiger charge is 2.23. The normalized spacial score (nSPS) is 11.8. The molecule has 0 radical (unpaired) electrons. The second-order valence-electron chi connectivity index (χ2n) is 5.55.